The lowest BCUT2D eigenvalue weighted by molar-refractivity contribution is -0.276. The average Bonchev–Trinajstić information content (AvgIpc) is 3.19. The first-order chi connectivity index (χ1) is 18.8. The van der Waals surface area contributed by atoms with E-state index in [0.29, 0.717) is 0 Å². The number of rotatable bonds is 10. The Labute approximate surface area is 232 Å². The van der Waals surface area contributed by atoms with Crippen LogP contribution in [0.5, 0.6) is 11.6 Å². The van der Waals surface area contributed by atoms with Crippen LogP contribution in [0.4, 0.5) is 19.1 Å². The zero-order chi connectivity index (χ0) is 29.2. The number of anilines is 1. The summed E-state index contributed by atoms with van der Waals surface area (Å²) < 4.78 is 90.7. The quantitative estimate of drug-likeness (QED) is 0.360. The Hall–Kier alpha value is -3.28. The molecule has 13 nitrogen and oxygen atoms in total. The number of nitrogens with zero attached hydrogens (tertiary/aromatic N) is 6. The topological polar surface area (TPSA) is 152 Å². The summed E-state index contributed by atoms with van der Waals surface area (Å²) in [6.07, 6.45) is -2.78. The number of aromatic nitrogens is 6. The summed E-state index contributed by atoms with van der Waals surface area (Å²) in [5.41, 5.74) is 0.0504. The second kappa shape index (κ2) is 11.7. The normalized spacial score (nSPS) is 16.9. The fourth-order valence-corrected chi connectivity index (χ4v) is 5.10. The third-order valence-corrected chi connectivity index (χ3v) is 7.52. The lowest BCUT2D eigenvalue weighted by atomic mass is 10.2. The van der Waals surface area contributed by atoms with E-state index in [1.54, 1.807) is 13.8 Å². The Balaban J connectivity index is 1.73. The molecule has 18 heteroatoms. The Morgan fingerprint density at radius 1 is 1.20 bits per heavy atom. The number of hydrogen-bond donors (Lipinski definition) is 1. The third-order valence-electron chi connectivity index (χ3n) is 5.63. The highest BCUT2D eigenvalue weighted by molar-refractivity contribution is 7.93. The maximum absolute atomic E-state index is 13.6. The van der Waals surface area contributed by atoms with Crippen molar-refractivity contribution in [3.63, 3.8) is 0 Å². The van der Waals surface area contributed by atoms with Crippen molar-refractivity contribution >= 4 is 27.6 Å². The van der Waals surface area contributed by atoms with Crippen LogP contribution in [0.2, 0.25) is 5.02 Å². The highest BCUT2D eigenvalue weighted by Crippen LogP contribution is 2.42. The van der Waals surface area contributed by atoms with Crippen molar-refractivity contribution in [2.24, 2.45) is 0 Å². The summed E-state index contributed by atoms with van der Waals surface area (Å²) in [5, 5.41) is 7.05. The van der Waals surface area contributed by atoms with Crippen LogP contribution >= 0.6 is 11.6 Å². The minimum absolute atomic E-state index is 0.00495. The Morgan fingerprint density at radius 3 is 2.52 bits per heavy atom. The summed E-state index contributed by atoms with van der Waals surface area (Å²) in [4.78, 5) is 11.9. The summed E-state index contributed by atoms with van der Waals surface area (Å²) in [7, 11) is -2.86. The molecule has 0 radical (unpaired) electrons. The minimum Gasteiger partial charge on any atom is -0.485 e. The van der Waals surface area contributed by atoms with E-state index < -0.39 is 39.7 Å². The van der Waals surface area contributed by atoms with Crippen molar-refractivity contribution in [3.05, 3.63) is 35.5 Å². The first-order valence-electron chi connectivity index (χ1n) is 11.8. The molecule has 4 rings (SSSR count). The van der Waals surface area contributed by atoms with Crippen LogP contribution in [0.3, 0.4) is 0 Å². The van der Waals surface area contributed by atoms with Gasteiger partial charge in [0.1, 0.15) is 18.0 Å². The second-order valence-electron chi connectivity index (χ2n) is 8.90. The standard InChI is InChI=1S/C22H25ClF3N7O6S/c1-11(2)38-16(18-28-7-13(23)8-29-18)12(3)40(34,35)32-21-31-30-19-15-5-6-27-20(39-22(24,25)26)17(15)37-10-14(9-36-4)33(19)21/h5-8,11-12,14,16H,9-10H2,1-4H3,(H,31,32)/t12?,14-,16?/m1/s1. The van der Waals surface area contributed by atoms with Crippen LogP contribution < -0.4 is 14.2 Å². The lowest BCUT2D eigenvalue weighted by Crippen LogP contribution is -2.35. The number of alkyl halides is 3. The molecule has 0 bridgehead atoms. The SMILES string of the molecule is COC[C@@H]1COc2c(ccnc2OC(F)(F)F)-c2nnc(NS(=O)(=O)C(C)C(OC(C)C)c3ncc(Cl)cn3)n21. The molecular weight excluding hydrogens is 583 g/mol. The van der Waals surface area contributed by atoms with Gasteiger partial charge in [-0.2, -0.15) is 0 Å². The predicted molar refractivity (Wildman–Crippen MR) is 134 cm³/mol. The first-order valence-corrected chi connectivity index (χ1v) is 13.7. The van der Waals surface area contributed by atoms with Crippen molar-refractivity contribution in [2.75, 3.05) is 25.0 Å². The van der Waals surface area contributed by atoms with Gasteiger partial charge in [-0.05, 0) is 26.8 Å². The minimum atomic E-state index is -5.03. The van der Waals surface area contributed by atoms with E-state index in [0.717, 1.165) is 6.20 Å². The van der Waals surface area contributed by atoms with Gasteiger partial charge in [0.25, 0.3) is 5.88 Å². The van der Waals surface area contributed by atoms with Crippen LogP contribution in [0.1, 0.15) is 38.7 Å². The molecule has 0 aromatic carbocycles. The van der Waals surface area contributed by atoms with Gasteiger partial charge in [-0.1, -0.05) is 11.6 Å². The van der Waals surface area contributed by atoms with Gasteiger partial charge in [0.15, 0.2) is 17.4 Å². The molecule has 1 N–H and O–H groups in total. The fourth-order valence-electron chi connectivity index (χ4n) is 3.91. The molecule has 0 fully saturated rings. The smallest absolute Gasteiger partial charge is 0.485 e. The van der Waals surface area contributed by atoms with E-state index in [9.17, 15) is 21.6 Å². The monoisotopic (exact) mass is 607 g/mol. The molecule has 40 heavy (non-hydrogen) atoms. The third kappa shape index (κ3) is 6.54. The summed E-state index contributed by atoms with van der Waals surface area (Å²) in [5.74, 6) is -1.29. The number of fused-ring (bicyclic) bond motifs is 3. The van der Waals surface area contributed by atoms with Gasteiger partial charge in [0.05, 0.1) is 29.3 Å². The number of ether oxygens (including phenoxy) is 4. The van der Waals surface area contributed by atoms with Crippen molar-refractivity contribution in [1.82, 2.24) is 29.7 Å². The van der Waals surface area contributed by atoms with Crippen molar-refractivity contribution in [2.45, 2.75) is 50.6 Å². The van der Waals surface area contributed by atoms with E-state index in [2.05, 4.69) is 34.6 Å². The van der Waals surface area contributed by atoms with E-state index in [1.807, 2.05) is 0 Å². The molecule has 0 aliphatic carbocycles. The molecule has 4 heterocycles. The molecule has 3 aromatic rings. The van der Waals surface area contributed by atoms with Gasteiger partial charge in [-0.15, -0.1) is 23.4 Å². The molecule has 2 unspecified atom stereocenters. The van der Waals surface area contributed by atoms with Gasteiger partial charge < -0.3 is 18.9 Å². The largest absolute Gasteiger partial charge is 0.574 e. The Morgan fingerprint density at radius 2 is 1.90 bits per heavy atom. The lowest BCUT2D eigenvalue weighted by Gasteiger charge is -2.26. The van der Waals surface area contributed by atoms with Gasteiger partial charge in [-0.3, -0.25) is 9.29 Å². The second-order valence-corrected chi connectivity index (χ2v) is 11.4. The number of sulfonamides is 1. The molecule has 0 saturated heterocycles. The molecular formula is C22H25ClF3N7O6S. The maximum Gasteiger partial charge on any atom is 0.574 e. The molecule has 3 atom stereocenters. The van der Waals surface area contributed by atoms with E-state index in [4.69, 9.17) is 25.8 Å². The molecule has 3 aromatic heterocycles. The summed E-state index contributed by atoms with van der Waals surface area (Å²) in [6, 6.07) is 0.593. The predicted octanol–water partition coefficient (Wildman–Crippen LogP) is 3.56. The van der Waals surface area contributed by atoms with Crippen molar-refractivity contribution in [3.8, 4) is 23.0 Å². The van der Waals surface area contributed by atoms with Gasteiger partial charge in [0, 0.05) is 25.7 Å². The highest BCUT2D eigenvalue weighted by Gasteiger charge is 2.39. The molecule has 0 saturated carbocycles. The van der Waals surface area contributed by atoms with Crippen LogP contribution in [0, 0.1) is 0 Å². The van der Waals surface area contributed by atoms with E-state index in [-0.39, 0.29) is 53.3 Å². The van der Waals surface area contributed by atoms with Gasteiger partial charge in [-0.25, -0.2) is 23.4 Å². The van der Waals surface area contributed by atoms with E-state index >= 15 is 0 Å². The zero-order valence-corrected chi connectivity index (χ0v) is 23.2. The van der Waals surface area contributed by atoms with E-state index in [1.165, 1.54) is 37.1 Å². The zero-order valence-electron chi connectivity index (χ0n) is 21.6. The number of halogens is 4. The van der Waals surface area contributed by atoms with Crippen molar-refractivity contribution < 1.29 is 40.5 Å². The van der Waals surface area contributed by atoms with Gasteiger partial charge in [0.2, 0.25) is 16.0 Å². The maximum atomic E-state index is 13.6. The van der Waals surface area contributed by atoms with Crippen molar-refractivity contribution in [1.29, 1.82) is 0 Å². The van der Waals surface area contributed by atoms with Crippen LogP contribution in [-0.2, 0) is 19.5 Å². The van der Waals surface area contributed by atoms with Gasteiger partial charge >= 0.3 is 6.36 Å². The molecule has 1 aliphatic heterocycles. The van der Waals surface area contributed by atoms with Crippen LogP contribution in [-0.4, -0.2) is 76.2 Å². The Bertz CT molecular complexity index is 1440. The number of nitrogens with one attached hydrogen (secondary N) is 1. The molecule has 0 spiro atoms. The van der Waals surface area contributed by atoms with Crippen LogP contribution in [0.15, 0.2) is 24.7 Å². The fraction of sp³-hybridized carbons (Fsp3) is 0.500. The number of pyridine rings is 1. The molecule has 0 amide bonds. The Kier molecular flexibility index (Phi) is 8.67. The summed E-state index contributed by atoms with van der Waals surface area (Å²) >= 11 is 5.88. The molecule has 1 aliphatic rings. The first kappa shape index (κ1) is 29.7. The highest BCUT2D eigenvalue weighted by atomic mass is 35.5. The van der Waals surface area contributed by atoms with Crippen LogP contribution in [0.25, 0.3) is 11.4 Å². The molecule has 218 valence electrons. The number of hydrogen-bond acceptors (Lipinski definition) is 11. The number of methoxy groups -OCH3 is 1. The summed E-state index contributed by atoms with van der Waals surface area (Å²) in [6.45, 7) is 4.60. The average molecular weight is 608 g/mol.